The van der Waals surface area contributed by atoms with Gasteiger partial charge in [-0.2, -0.15) is 0 Å². The van der Waals surface area contributed by atoms with Gasteiger partial charge in [-0.3, -0.25) is 4.79 Å². The zero-order chi connectivity index (χ0) is 8.27. The number of hydrogen-bond donors (Lipinski definition) is 1. The lowest BCUT2D eigenvalue weighted by atomic mass is 10.1. The van der Waals surface area contributed by atoms with Crippen molar-refractivity contribution >= 4 is 5.91 Å². The first-order valence-electron chi connectivity index (χ1n) is 3.92. The number of likely N-dealkylation sites (tertiary alicyclic amines) is 1. The lowest BCUT2D eigenvalue weighted by Crippen LogP contribution is -2.59. The van der Waals surface area contributed by atoms with E-state index in [-0.39, 0.29) is 5.91 Å². The van der Waals surface area contributed by atoms with Gasteiger partial charge in [-0.25, -0.2) is 0 Å². The smallest absolute Gasteiger partial charge is 0.246 e. The average Bonchev–Trinajstić information content (AvgIpc) is 1.94. The molecular weight excluding hydrogens is 140 g/mol. The van der Waals surface area contributed by atoms with Crippen LogP contribution in [0.4, 0.5) is 0 Å². The van der Waals surface area contributed by atoms with Crippen LogP contribution in [0.2, 0.25) is 0 Å². The Hall–Kier alpha value is -0.830. The molecule has 1 amide bonds. The summed E-state index contributed by atoms with van der Waals surface area (Å²) in [7, 11) is 0. The topological polar surface area (TPSA) is 32.3 Å². The fourth-order valence-corrected chi connectivity index (χ4v) is 1.21. The Morgan fingerprint density at radius 2 is 2.45 bits per heavy atom. The summed E-state index contributed by atoms with van der Waals surface area (Å²) >= 11 is 0. The number of carbonyl (C=O) groups is 1. The van der Waals surface area contributed by atoms with Crippen molar-refractivity contribution in [3.63, 3.8) is 0 Å². The Morgan fingerprint density at radius 3 is 2.91 bits per heavy atom. The molecule has 0 atom stereocenters. The fourth-order valence-electron chi connectivity index (χ4n) is 1.21. The van der Waals surface area contributed by atoms with Crippen LogP contribution in [-0.4, -0.2) is 36.5 Å². The molecule has 3 heteroatoms. The first-order valence-corrected chi connectivity index (χ1v) is 3.92. The molecule has 11 heavy (non-hydrogen) atoms. The average molecular weight is 154 g/mol. The van der Waals surface area contributed by atoms with Crippen LogP contribution >= 0.6 is 0 Å². The van der Waals surface area contributed by atoms with Crippen LogP contribution in [0.15, 0.2) is 12.7 Å². The van der Waals surface area contributed by atoms with E-state index >= 15 is 0 Å². The molecule has 0 bridgehead atoms. The minimum absolute atomic E-state index is 0.0409. The molecule has 0 aromatic rings. The van der Waals surface area contributed by atoms with Gasteiger partial charge in [0.2, 0.25) is 5.91 Å². The minimum Gasteiger partial charge on any atom is -0.336 e. The van der Waals surface area contributed by atoms with Crippen molar-refractivity contribution in [1.29, 1.82) is 0 Å². The molecule has 62 valence electrons. The molecule has 0 saturated carbocycles. The Kier molecular flexibility index (Phi) is 2.65. The quantitative estimate of drug-likeness (QED) is 0.580. The minimum atomic E-state index is 0.0409. The van der Waals surface area contributed by atoms with Gasteiger partial charge in [0.25, 0.3) is 0 Å². The highest BCUT2D eigenvalue weighted by molar-refractivity contribution is 5.87. The molecule has 0 aromatic carbocycles. The molecule has 1 fully saturated rings. The molecule has 1 heterocycles. The summed E-state index contributed by atoms with van der Waals surface area (Å²) < 4.78 is 0. The third-order valence-corrected chi connectivity index (χ3v) is 1.86. The van der Waals surface area contributed by atoms with E-state index in [0.29, 0.717) is 6.04 Å². The third-order valence-electron chi connectivity index (χ3n) is 1.86. The van der Waals surface area contributed by atoms with E-state index in [1.54, 1.807) is 4.90 Å². The second-order valence-corrected chi connectivity index (χ2v) is 2.70. The summed E-state index contributed by atoms with van der Waals surface area (Å²) in [5.74, 6) is 0.0409. The normalized spacial score (nSPS) is 17.7. The Balaban J connectivity index is 2.18. The van der Waals surface area contributed by atoms with Crippen LogP contribution in [0.5, 0.6) is 0 Å². The van der Waals surface area contributed by atoms with Gasteiger partial charge in [-0.05, 0) is 12.6 Å². The van der Waals surface area contributed by atoms with Crippen molar-refractivity contribution in [3.8, 4) is 0 Å². The molecule has 1 aliphatic rings. The Bertz CT molecular complexity index is 161. The van der Waals surface area contributed by atoms with Crippen LogP contribution in [0.3, 0.4) is 0 Å². The van der Waals surface area contributed by atoms with E-state index in [4.69, 9.17) is 0 Å². The lowest BCUT2D eigenvalue weighted by Gasteiger charge is -2.38. The van der Waals surface area contributed by atoms with Crippen molar-refractivity contribution in [3.05, 3.63) is 12.7 Å². The highest BCUT2D eigenvalue weighted by atomic mass is 16.2. The maximum absolute atomic E-state index is 10.9. The monoisotopic (exact) mass is 154 g/mol. The van der Waals surface area contributed by atoms with Crippen molar-refractivity contribution < 1.29 is 4.79 Å². The predicted octanol–water partition coefficient (Wildman–Crippen LogP) is -0.00730. The number of amides is 1. The molecule has 1 saturated heterocycles. The predicted molar refractivity (Wildman–Crippen MR) is 44.2 cm³/mol. The zero-order valence-corrected chi connectivity index (χ0v) is 6.84. The molecule has 0 radical (unpaired) electrons. The van der Waals surface area contributed by atoms with E-state index < -0.39 is 0 Å². The molecule has 1 N–H and O–H groups in total. The van der Waals surface area contributed by atoms with Crippen molar-refractivity contribution in [2.75, 3.05) is 19.6 Å². The standard InChI is InChI=1S/C8H14N2O/c1-3-8(11)10-5-7(6-10)9-4-2/h3,7,9H,1,4-6H2,2H3. The summed E-state index contributed by atoms with van der Waals surface area (Å²) in [5, 5.41) is 3.26. The molecule has 0 spiro atoms. The van der Waals surface area contributed by atoms with Crippen molar-refractivity contribution in [1.82, 2.24) is 10.2 Å². The van der Waals surface area contributed by atoms with E-state index in [1.165, 1.54) is 6.08 Å². The molecule has 3 nitrogen and oxygen atoms in total. The number of carbonyl (C=O) groups excluding carboxylic acids is 1. The van der Waals surface area contributed by atoms with Crippen LogP contribution < -0.4 is 5.32 Å². The number of nitrogens with one attached hydrogen (secondary N) is 1. The van der Waals surface area contributed by atoms with Crippen LogP contribution in [0.1, 0.15) is 6.92 Å². The summed E-state index contributed by atoms with van der Waals surface area (Å²) in [4.78, 5) is 12.7. The van der Waals surface area contributed by atoms with Gasteiger partial charge in [0, 0.05) is 19.1 Å². The molecule has 1 aliphatic heterocycles. The molecule has 0 aliphatic carbocycles. The van der Waals surface area contributed by atoms with Crippen LogP contribution in [-0.2, 0) is 4.79 Å². The molecule has 1 rings (SSSR count). The fraction of sp³-hybridized carbons (Fsp3) is 0.625. The largest absolute Gasteiger partial charge is 0.336 e. The molecular formula is C8H14N2O. The van der Waals surface area contributed by atoms with E-state index in [9.17, 15) is 4.79 Å². The van der Waals surface area contributed by atoms with E-state index in [2.05, 4.69) is 18.8 Å². The van der Waals surface area contributed by atoms with Crippen LogP contribution in [0, 0.1) is 0 Å². The van der Waals surface area contributed by atoms with Gasteiger partial charge in [0.1, 0.15) is 0 Å². The van der Waals surface area contributed by atoms with Gasteiger partial charge < -0.3 is 10.2 Å². The third kappa shape index (κ3) is 1.80. The first-order chi connectivity index (χ1) is 5.27. The maximum atomic E-state index is 10.9. The van der Waals surface area contributed by atoms with Gasteiger partial charge in [-0.15, -0.1) is 0 Å². The number of nitrogens with zero attached hydrogens (tertiary/aromatic N) is 1. The summed E-state index contributed by atoms with van der Waals surface area (Å²) in [6, 6.07) is 0.504. The highest BCUT2D eigenvalue weighted by Gasteiger charge is 2.27. The second kappa shape index (κ2) is 3.53. The van der Waals surface area contributed by atoms with E-state index in [0.717, 1.165) is 19.6 Å². The summed E-state index contributed by atoms with van der Waals surface area (Å²) in [6.07, 6.45) is 1.36. The van der Waals surface area contributed by atoms with Crippen molar-refractivity contribution in [2.45, 2.75) is 13.0 Å². The molecule has 0 aromatic heterocycles. The summed E-state index contributed by atoms with van der Waals surface area (Å²) in [5.41, 5.74) is 0. The first kappa shape index (κ1) is 8.27. The number of likely N-dealkylation sites (N-methyl/N-ethyl adjacent to an activating group) is 1. The molecule has 0 unspecified atom stereocenters. The number of rotatable bonds is 3. The maximum Gasteiger partial charge on any atom is 0.246 e. The Labute approximate surface area is 67.1 Å². The van der Waals surface area contributed by atoms with Crippen molar-refractivity contribution in [2.24, 2.45) is 0 Å². The Morgan fingerprint density at radius 1 is 1.82 bits per heavy atom. The van der Waals surface area contributed by atoms with Gasteiger partial charge in [-0.1, -0.05) is 13.5 Å². The van der Waals surface area contributed by atoms with Gasteiger partial charge in [0.05, 0.1) is 0 Å². The SMILES string of the molecule is C=CC(=O)N1CC(NCC)C1. The van der Waals surface area contributed by atoms with Crippen LogP contribution in [0.25, 0.3) is 0 Å². The lowest BCUT2D eigenvalue weighted by molar-refractivity contribution is -0.130. The van der Waals surface area contributed by atoms with Gasteiger partial charge >= 0.3 is 0 Å². The van der Waals surface area contributed by atoms with E-state index in [1.807, 2.05) is 0 Å². The number of hydrogen-bond acceptors (Lipinski definition) is 2. The second-order valence-electron chi connectivity index (χ2n) is 2.70. The zero-order valence-electron chi connectivity index (χ0n) is 6.84. The highest BCUT2D eigenvalue weighted by Crippen LogP contribution is 2.07. The van der Waals surface area contributed by atoms with Gasteiger partial charge in [0.15, 0.2) is 0 Å². The summed E-state index contributed by atoms with van der Waals surface area (Å²) in [6.45, 7) is 8.13.